The van der Waals surface area contributed by atoms with Crippen molar-refractivity contribution < 1.29 is 12.8 Å². The van der Waals surface area contributed by atoms with E-state index in [0.717, 1.165) is 6.08 Å². The molecular weight excluding hydrogens is 144 g/mol. The van der Waals surface area contributed by atoms with Crippen molar-refractivity contribution in [2.75, 3.05) is 0 Å². The molecule has 0 fully saturated rings. The summed E-state index contributed by atoms with van der Waals surface area (Å²) in [4.78, 5) is 9.75. The summed E-state index contributed by atoms with van der Waals surface area (Å²) in [5.74, 6) is -0.914. The van der Waals surface area contributed by atoms with Crippen LogP contribution in [0.1, 0.15) is 9.78 Å². The van der Waals surface area contributed by atoms with Gasteiger partial charge in [-0.1, -0.05) is 18.2 Å². The van der Waals surface area contributed by atoms with Gasteiger partial charge in [-0.05, 0) is 6.92 Å². The van der Waals surface area contributed by atoms with Gasteiger partial charge in [0.25, 0.3) is 0 Å². The number of allylic oxidation sites excluding steroid dienone is 3. The molecule has 0 aliphatic rings. The summed E-state index contributed by atoms with van der Waals surface area (Å²) >= 11 is 0. The predicted molar refractivity (Wildman–Crippen MR) is 39.6 cm³/mol. The van der Waals surface area contributed by atoms with Gasteiger partial charge in [-0.15, -0.1) is 0 Å². The average Bonchev–Trinajstić information content (AvgIpc) is 1.66. The van der Waals surface area contributed by atoms with Crippen LogP contribution in [0.15, 0.2) is 24.3 Å². The molecule has 0 unspecified atom stereocenters. The van der Waals surface area contributed by atoms with Gasteiger partial charge in [-0.25, -0.2) is 4.79 Å². The summed E-state index contributed by atoms with van der Waals surface area (Å²) in [6.07, 6.45) is 5.98. The van der Waals surface area contributed by atoms with Crippen LogP contribution in [0, 0.1) is 0 Å². The van der Waals surface area contributed by atoms with Crippen LogP contribution in [-0.4, -0.2) is 48.8 Å². The number of carboxylic acid groups (broad SMARTS) is 1. The van der Waals surface area contributed by atoms with Gasteiger partial charge in [0.2, 0.25) is 0 Å². The summed E-state index contributed by atoms with van der Waals surface area (Å²) in [6.45, 7) is 1.83. The zero-order valence-electron chi connectivity index (χ0n) is 7.37. The third kappa shape index (κ3) is 11.7. The van der Waals surface area contributed by atoms with Crippen LogP contribution in [0.4, 0.5) is 0 Å². The quantitative estimate of drug-likeness (QED) is 0.366. The molecule has 0 bridgehead atoms. The normalized spacial score (nSPS) is 9.89. The van der Waals surface area contributed by atoms with E-state index in [9.17, 15) is 4.79 Å². The topological polar surface area (TPSA) is 37.3 Å². The van der Waals surface area contributed by atoms with E-state index in [0.29, 0.717) is 0 Å². The van der Waals surface area contributed by atoms with Gasteiger partial charge in [-0.3, -0.25) is 0 Å². The van der Waals surface area contributed by atoms with Gasteiger partial charge in [0, 0.05) is 6.08 Å². The monoisotopic (exact) mass is 154 g/mol. The molecule has 0 heterocycles. The van der Waals surface area contributed by atoms with Crippen molar-refractivity contribution >= 4 is 43.7 Å². The van der Waals surface area contributed by atoms with Crippen LogP contribution in [-0.2, 0) is 4.79 Å². The molecule has 3 heteroatoms. The van der Waals surface area contributed by atoms with E-state index in [1.807, 2.05) is 6.92 Å². The Morgan fingerprint density at radius 2 is 2.11 bits per heavy atom. The number of rotatable bonds is 2. The molecule has 0 aliphatic heterocycles. The van der Waals surface area contributed by atoms with Gasteiger partial charge in [0.15, 0.2) is 0 Å². The second kappa shape index (κ2) is 8.21. The van der Waals surface area contributed by atoms with Crippen LogP contribution in [0.2, 0.25) is 0 Å². The maximum Gasteiger partial charge on any atom is 2.00 e. The first-order valence-corrected chi connectivity index (χ1v) is 2.29. The first kappa shape index (κ1) is 11.9. The minimum absolute atomic E-state index is 0. The fraction of sp³-hybridized carbons (Fsp3) is 0.167. The zero-order chi connectivity index (χ0) is 6.41. The third-order valence-corrected chi connectivity index (χ3v) is 0.542. The first-order chi connectivity index (χ1) is 3.77. The zero-order valence-corrected chi connectivity index (χ0v) is 7.58. The number of aliphatic carboxylic acids is 1. The van der Waals surface area contributed by atoms with Crippen LogP contribution in [0.3, 0.4) is 0 Å². The number of hydrogen-bond donors (Lipinski definition) is 1. The molecular formula is C6H10CaO2. The Kier molecular flexibility index (Phi) is 10.9. The standard InChI is InChI=1S/C6H8O2.Ca.2H/c1-2-3-4-5-6(7)8;;;/h2-5H,1H3,(H,7,8);;;/q;+2;2*-1. The maximum absolute atomic E-state index is 9.75. The van der Waals surface area contributed by atoms with E-state index in [1.165, 1.54) is 6.08 Å². The molecule has 9 heavy (non-hydrogen) atoms. The molecule has 0 spiro atoms. The molecule has 0 saturated carbocycles. The second-order valence-corrected chi connectivity index (χ2v) is 1.22. The fourth-order valence-corrected chi connectivity index (χ4v) is 0.249. The summed E-state index contributed by atoms with van der Waals surface area (Å²) in [7, 11) is 0. The van der Waals surface area contributed by atoms with Crippen LogP contribution in [0.5, 0.6) is 0 Å². The van der Waals surface area contributed by atoms with Crippen molar-refractivity contribution in [3.05, 3.63) is 24.3 Å². The van der Waals surface area contributed by atoms with E-state index < -0.39 is 5.97 Å². The third-order valence-electron chi connectivity index (χ3n) is 0.542. The second-order valence-electron chi connectivity index (χ2n) is 1.22. The van der Waals surface area contributed by atoms with Crippen molar-refractivity contribution in [1.82, 2.24) is 0 Å². The van der Waals surface area contributed by atoms with Crippen LogP contribution >= 0.6 is 0 Å². The Morgan fingerprint density at radius 3 is 2.44 bits per heavy atom. The molecule has 2 nitrogen and oxygen atoms in total. The van der Waals surface area contributed by atoms with Crippen molar-refractivity contribution in [2.24, 2.45) is 0 Å². The predicted octanol–water partition coefficient (Wildman–Crippen LogP) is 1.05. The maximum atomic E-state index is 9.75. The molecule has 0 radical (unpaired) electrons. The number of carboxylic acids is 1. The van der Waals surface area contributed by atoms with Gasteiger partial charge in [0.1, 0.15) is 0 Å². The van der Waals surface area contributed by atoms with Crippen LogP contribution in [0.25, 0.3) is 0 Å². The van der Waals surface area contributed by atoms with E-state index in [4.69, 9.17) is 5.11 Å². The van der Waals surface area contributed by atoms with Crippen molar-refractivity contribution in [3.63, 3.8) is 0 Å². The molecule has 0 atom stereocenters. The number of carbonyl (C=O) groups is 1. The SMILES string of the molecule is CC=CC=CC(=O)O.[Ca+2].[H-].[H-]. The first-order valence-electron chi connectivity index (χ1n) is 2.29. The fourth-order valence-electron chi connectivity index (χ4n) is 0.249. The van der Waals surface area contributed by atoms with E-state index >= 15 is 0 Å². The Hall–Kier alpha value is 0.210. The van der Waals surface area contributed by atoms with Gasteiger partial charge < -0.3 is 7.96 Å². The number of hydrogen-bond acceptors (Lipinski definition) is 1. The summed E-state index contributed by atoms with van der Waals surface area (Å²) in [6, 6.07) is 0. The van der Waals surface area contributed by atoms with Crippen molar-refractivity contribution in [3.8, 4) is 0 Å². The molecule has 0 aromatic rings. The molecule has 0 saturated heterocycles. The largest absolute Gasteiger partial charge is 2.00 e. The Morgan fingerprint density at radius 1 is 1.56 bits per heavy atom. The van der Waals surface area contributed by atoms with E-state index in [1.54, 1.807) is 12.2 Å². The molecule has 1 N–H and O–H groups in total. The van der Waals surface area contributed by atoms with Gasteiger partial charge in [0.05, 0.1) is 0 Å². The average molecular weight is 154 g/mol. The minimum atomic E-state index is -0.914. The van der Waals surface area contributed by atoms with Crippen molar-refractivity contribution in [2.45, 2.75) is 6.92 Å². The minimum Gasteiger partial charge on any atom is -1.00 e. The Balaban J connectivity index is -0.0000000817. The van der Waals surface area contributed by atoms with E-state index in [-0.39, 0.29) is 40.6 Å². The molecule has 0 aromatic heterocycles. The molecule has 0 aliphatic carbocycles. The summed E-state index contributed by atoms with van der Waals surface area (Å²) in [5.41, 5.74) is 0. The molecule has 0 amide bonds. The molecule has 48 valence electrons. The van der Waals surface area contributed by atoms with Gasteiger partial charge in [-0.2, -0.15) is 0 Å². The smallest absolute Gasteiger partial charge is 1.00 e. The van der Waals surface area contributed by atoms with Gasteiger partial charge >= 0.3 is 43.7 Å². The summed E-state index contributed by atoms with van der Waals surface area (Å²) < 4.78 is 0. The summed E-state index contributed by atoms with van der Waals surface area (Å²) in [5, 5.41) is 8.02. The molecule has 0 aromatic carbocycles. The Bertz CT molecular complexity index is 135. The Labute approximate surface area is 87.2 Å². The van der Waals surface area contributed by atoms with E-state index in [2.05, 4.69) is 0 Å². The molecule has 0 rings (SSSR count). The van der Waals surface area contributed by atoms with Crippen molar-refractivity contribution in [1.29, 1.82) is 0 Å². The van der Waals surface area contributed by atoms with Crippen LogP contribution < -0.4 is 0 Å².